The molecule has 2 heterocycles. The molecule has 122 valence electrons. The largest absolute Gasteiger partial charge is 0.453 e. The SMILES string of the molecule is c1ccc2cc3oc(-c4cc5c(ccc6ccccc65)o4)cc3cc2c1. The first-order valence-electron chi connectivity index (χ1n) is 8.69. The van der Waals surface area contributed by atoms with Crippen LogP contribution in [-0.4, -0.2) is 0 Å². The van der Waals surface area contributed by atoms with Crippen molar-refractivity contribution in [3.63, 3.8) is 0 Å². The van der Waals surface area contributed by atoms with E-state index < -0.39 is 0 Å². The summed E-state index contributed by atoms with van der Waals surface area (Å²) in [5.74, 6) is 1.52. The predicted octanol–water partition coefficient (Wildman–Crippen LogP) is 7.15. The first kappa shape index (κ1) is 13.7. The Morgan fingerprint density at radius 2 is 1.12 bits per heavy atom. The Labute approximate surface area is 149 Å². The van der Waals surface area contributed by atoms with Gasteiger partial charge in [-0.05, 0) is 51.9 Å². The second-order valence-electron chi connectivity index (χ2n) is 6.66. The molecule has 6 aromatic rings. The minimum absolute atomic E-state index is 0.760. The number of rotatable bonds is 1. The number of hydrogen-bond donors (Lipinski definition) is 0. The zero-order valence-corrected chi connectivity index (χ0v) is 13.9. The number of fused-ring (bicyclic) bond motifs is 5. The molecule has 0 bridgehead atoms. The lowest BCUT2D eigenvalue weighted by Crippen LogP contribution is -1.71. The molecule has 0 aliphatic carbocycles. The second kappa shape index (κ2) is 4.99. The van der Waals surface area contributed by atoms with E-state index in [-0.39, 0.29) is 0 Å². The molecule has 6 rings (SSSR count). The van der Waals surface area contributed by atoms with Gasteiger partial charge in [0, 0.05) is 10.8 Å². The van der Waals surface area contributed by atoms with Crippen LogP contribution in [0.5, 0.6) is 0 Å². The van der Waals surface area contributed by atoms with Crippen LogP contribution in [0.15, 0.2) is 93.8 Å². The summed E-state index contributed by atoms with van der Waals surface area (Å²) in [5.41, 5.74) is 1.76. The van der Waals surface area contributed by atoms with Crippen LogP contribution in [0.2, 0.25) is 0 Å². The molecule has 0 N–H and O–H groups in total. The van der Waals surface area contributed by atoms with Crippen molar-refractivity contribution in [1.82, 2.24) is 0 Å². The second-order valence-corrected chi connectivity index (χ2v) is 6.66. The monoisotopic (exact) mass is 334 g/mol. The number of benzene rings is 4. The van der Waals surface area contributed by atoms with Gasteiger partial charge in [-0.1, -0.05) is 54.6 Å². The number of furan rings is 2. The lowest BCUT2D eigenvalue weighted by molar-refractivity contribution is 0.569. The predicted molar refractivity (Wildman–Crippen MR) is 106 cm³/mol. The van der Waals surface area contributed by atoms with Gasteiger partial charge in [-0.2, -0.15) is 0 Å². The third-order valence-electron chi connectivity index (χ3n) is 5.05. The Morgan fingerprint density at radius 3 is 2.00 bits per heavy atom. The molecule has 0 aliphatic heterocycles. The number of hydrogen-bond acceptors (Lipinski definition) is 2. The summed E-state index contributed by atoms with van der Waals surface area (Å²) in [6, 6.07) is 29.2. The minimum atomic E-state index is 0.760. The molecular formula is C24H14O2. The zero-order valence-electron chi connectivity index (χ0n) is 13.9. The minimum Gasteiger partial charge on any atom is -0.453 e. The Morgan fingerprint density at radius 1 is 0.423 bits per heavy atom. The molecule has 0 atom stereocenters. The summed E-state index contributed by atoms with van der Waals surface area (Å²) >= 11 is 0. The standard InChI is InChI=1S/C24H14O2/c1-2-7-17-12-22-18(11-16(17)6-1)13-23(26-22)24-14-20-19-8-4-3-5-15(19)9-10-21(20)25-24/h1-14H. The van der Waals surface area contributed by atoms with Gasteiger partial charge >= 0.3 is 0 Å². The molecule has 2 nitrogen and oxygen atoms in total. The summed E-state index contributed by atoms with van der Waals surface area (Å²) in [5, 5.41) is 7.00. The highest BCUT2D eigenvalue weighted by molar-refractivity contribution is 6.07. The Hall–Kier alpha value is -3.52. The molecule has 0 radical (unpaired) electrons. The van der Waals surface area contributed by atoms with E-state index >= 15 is 0 Å². The van der Waals surface area contributed by atoms with Gasteiger partial charge in [-0.25, -0.2) is 0 Å². The molecule has 0 fully saturated rings. The average molecular weight is 334 g/mol. The van der Waals surface area contributed by atoms with Crippen LogP contribution >= 0.6 is 0 Å². The van der Waals surface area contributed by atoms with Gasteiger partial charge in [0.05, 0.1) is 0 Å². The van der Waals surface area contributed by atoms with Crippen LogP contribution in [-0.2, 0) is 0 Å². The molecule has 0 unspecified atom stereocenters. The van der Waals surface area contributed by atoms with E-state index in [1.165, 1.54) is 21.5 Å². The van der Waals surface area contributed by atoms with Crippen LogP contribution in [0.25, 0.3) is 55.0 Å². The van der Waals surface area contributed by atoms with E-state index in [4.69, 9.17) is 8.83 Å². The smallest absolute Gasteiger partial charge is 0.170 e. The highest BCUT2D eigenvalue weighted by atomic mass is 16.4. The van der Waals surface area contributed by atoms with Crippen molar-refractivity contribution < 1.29 is 8.83 Å². The lowest BCUT2D eigenvalue weighted by atomic mass is 10.1. The van der Waals surface area contributed by atoms with Gasteiger partial charge < -0.3 is 8.83 Å². The Balaban J connectivity index is 1.59. The van der Waals surface area contributed by atoms with Crippen molar-refractivity contribution in [3.8, 4) is 11.5 Å². The van der Waals surface area contributed by atoms with Crippen LogP contribution in [0.1, 0.15) is 0 Å². The maximum Gasteiger partial charge on any atom is 0.170 e. The molecule has 26 heavy (non-hydrogen) atoms. The Bertz CT molecular complexity index is 1380. The van der Waals surface area contributed by atoms with Crippen molar-refractivity contribution >= 4 is 43.5 Å². The molecule has 2 aromatic heterocycles. The molecule has 0 saturated carbocycles. The molecule has 0 spiro atoms. The maximum absolute atomic E-state index is 6.11. The maximum atomic E-state index is 6.11. The van der Waals surface area contributed by atoms with E-state index in [2.05, 4.69) is 72.8 Å². The van der Waals surface area contributed by atoms with Crippen molar-refractivity contribution in [2.75, 3.05) is 0 Å². The van der Waals surface area contributed by atoms with Crippen molar-refractivity contribution in [3.05, 3.63) is 84.9 Å². The summed E-state index contributed by atoms with van der Waals surface area (Å²) in [7, 11) is 0. The van der Waals surface area contributed by atoms with E-state index in [0.29, 0.717) is 0 Å². The zero-order chi connectivity index (χ0) is 17.1. The van der Waals surface area contributed by atoms with E-state index in [1.807, 2.05) is 12.1 Å². The summed E-state index contributed by atoms with van der Waals surface area (Å²) in [4.78, 5) is 0. The molecule has 0 amide bonds. The third-order valence-corrected chi connectivity index (χ3v) is 5.05. The van der Waals surface area contributed by atoms with Crippen LogP contribution in [0.4, 0.5) is 0 Å². The topological polar surface area (TPSA) is 26.3 Å². The Kier molecular flexibility index (Phi) is 2.64. The molecule has 0 saturated heterocycles. The first-order valence-corrected chi connectivity index (χ1v) is 8.69. The quantitative estimate of drug-likeness (QED) is 0.319. The van der Waals surface area contributed by atoms with E-state index in [9.17, 15) is 0 Å². The van der Waals surface area contributed by atoms with Crippen molar-refractivity contribution in [1.29, 1.82) is 0 Å². The van der Waals surface area contributed by atoms with Gasteiger partial charge in [0.25, 0.3) is 0 Å². The molecular weight excluding hydrogens is 320 g/mol. The van der Waals surface area contributed by atoms with Gasteiger partial charge in [0.1, 0.15) is 11.2 Å². The van der Waals surface area contributed by atoms with Gasteiger partial charge in [0.2, 0.25) is 0 Å². The highest BCUT2D eigenvalue weighted by Crippen LogP contribution is 2.36. The fourth-order valence-corrected chi connectivity index (χ4v) is 3.76. The molecule has 2 heteroatoms. The van der Waals surface area contributed by atoms with Gasteiger partial charge in [-0.3, -0.25) is 0 Å². The van der Waals surface area contributed by atoms with E-state index in [1.54, 1.807) is 0 Å². The summed E-state index contributed by atoms with van der Waals surface area (Å²) in [6.07, 6.45) is 0. The van der Waals surface area contributed by atoms with Crippen molar-refractivity contribution in [2.45, 2.75) is 0 Å². The van der Waals surface area contributed by atoms with Crippen LogP contribution in [0.3, 0.4) is 0 Å². The fourth-order valence-electron chi connectivity index (χ4n) is 3.76. The third kappa shape index (κ3) is 1.93. The molecule has 4 aromatic carbocycles. The highest BCUT2D eigenvalue weighted by Gasteiger charge is 2.13. The van der Waals surface area contributed by atoms with Crippen molar-refractivity contribution in [2.24, 2.45) is 0 Å². The summed E-state index contributed by atoms with van der Waals surface area (Å²) in [6.45, 7) is 0. The molecule has 0 aliphatic rings. The first-order chi connectivity index (χ1) is 12.8. The lowest BCUT2D eigenvalue weighted by Gasteiger charge is -1.96. The van der Waals surface area contributed by atoms with Gasteiger partial charge in [0.15, 0.2) is 11.5 Å². The van der Waals surface area contributed by atoms with Gasteiger partial charge in [-0.15, -0.1) is 0 Å². The van der Waals surface area contributed by atoms with Crippen LogP contribution in [0, 0.1) is 0 Å². The summed E-state index contributed by atoms with van der Waals surface area (Å²) < 4.78 is 12.2. The average Bonchev–Trinajstić information content (AvgIpc) is 3.29. The normalized spacial score (nSPS) is 11.8. The fraction of sp³-hybridized carbons (Fsp3) is 0. The van der Waals surface area contributed by atoms with Crippen LogP contribution < -0.4 is 0 Å². The van der Waals surface area contributed by atoms with E-state index in [0.717, 1.165) is 33.5 Å².